The molecule has 0 saturated heterocycles. The summed E-state index contributed by atoms with van der Waals surface area (Å²) >= 11 is -0.826. The molecule has 0 N–H and O–H groups in total. The first kappa shape index (κ1) is 37.0. The van der Waals surface area contributed by atoms with Crippen molar-refractivity contribution in [1.29, 1.82) is 0 Å². The van der Waals surface area contributed by atoms with Crippen molar-refractivity contribution in [2.45, 2.75) is 98.3 Å². The standard InChI is InChI=1S/C30H41.C12H7Si.2ClH.Zr/c1-10-12-21-13-14-22-15-23(20(3)11-2)18-27(22)28(21)24-16-25(29(4,5)6)19-26(17-24)30(7,8)9;1-3-7-11-9(5-1)10-6-2-4-8-12(10)13-11;;;/h13-20H,10-12H2,1-9H3;1-7H;2*1H;/q2*-1;;;+4/p-2. The fraction of sp³-hybridized carbons (Fsp3) is 0.357. The molecular formula is C42H48Cl2SiZr. The van der Waals surface area contributed by atoms with Gasteiger partial charge in [-0.1, -0.05) is 139 Å². The molecule has 4 heteroatoms. The third kappa shape index (κ3) is 8.79. The summed E-state index contributed by atoms with van der Waals surface area (Å²) in [6, 6.07) is 35.1. The van der Waals surface area contributed by atoms with Crippen LogP contribution in [0.5, 0.6) is 0 Å². The molecule has 5 aromatic carbocycles. The first-order chi connectivity index (χ1) is 21.8. The van der Waals surface area contributed by atoms with E-state index in [2.05, 4.69) is 147 Å². The van der Waals surface area contributed by atoms with Gasteiger partial charge in [0.25, 0.3) is 0 Å². The molecule has 1 heterocycles. The Labute approximate surface area is 300 Å². The monoisotopic (exact) mass is 740 g/mol. The van der Waals surface area contributed by atoms with Crippen LogP contribution >= 0.6 is 17.0 Å². The van der Waals surface area contributed by atoms with Crippen LogP contribution < -0.4 is 10.4 Å². The first-order valence-electron chi connectivity index (χ1n) is 16.5. The number of aryl methyl sites for hydroxylation is 1. The average molecular weight is 743 g/mol. The summed E-state index contributed by atoms with van der Waals surface area (Å²) < 4.78 is 0. The molecule has 46 heavy (non-hydrogen) atoms. The van der Waals surface area contributed by atoms with Crippen molar-refractivity contribution in [2.75, 3.05) is 0 Å². The van der Waals surface area contributed by atoms with Crippen LogP contribution in [0.15, 0.2) is 84.9 Å². The van der Waals surface area contributed by atoms with Gasteiger partial charge in [-0.05, 0) is 39.9 Å². The fourth-order valence-corrected chi connectivity index (χ4v) is 7.36. The molecule has 0 spiro atoms. The molecule has 1 aliphatic heterocycles. The summed E-state index contributed by atoms with van der Waals surface area (Å²) in [6.07, 6.45) is 3.48. The Morgan fingerprint density at radius 1 is 0.826 bits per heavy atom. The summed E-state index contributed by atoms with van der Waals surface area (Å²) in [5.74, 6) is 0.603. The van der Waals surface area contributed by atoms with Crippen LogP contribution in [0.3, 0.4) is 0 Å². The van der Waals surface area contributed by atoms with E-state index in [1.807, 2.05) is 6.07 Å². The van der Waals surface area contributed by atoms with Crippen LogP contribution in [-0.4, -0.2) is 9.52 Å². The van der Waals surface area contributed by atoms with Crippen LogP contribution in [0.2, 0.25) is 0 Å². The zero-order valence-corrected chi connectivity index (χ0v) is 34.0. The van der Waals surface area contributed by atoms with Gasteiger partial charge in [0.05, 0.1) is 9.52 Å². The van der Waals surface area contributed by atoms with Gasteiger partial charge in [0, 0.05) is 0 Å². The Morgan fingerprint density at radius 3 is 2.07 bits per heavy atom. The number of hydrogen-bond acceptors (Lipinski definition) is 0. The van der Waals surface area contributed by atoms with Crippen LogP contribution in [0.1, 0.15) is 103 Å². The van der Waals surface area contributed by atoms with Crippen molar-refractivity contribution in [1.82, 2.24) is 0 Å². The van der Waals surface area contributed by atoms with E-state index in [0.29, 0.717) is 5.92 Å². The number of benzene rings is 4. The maximum absolute atomic E-state index is 4.93. The van der Waals surface area contributed by atoms with Gasteiger partial charge in [-0.3, -0.25) is 0 Å². The smallest absolute Gasteiger partial charge is 0.0920 e. The van der Waals surface area contributed by atoms with E-state index >= 15 is 0 Å². The molecule has 5 aromatic rings. The Hall–Kier alpha value is -1.83. The second-order valence-electron chi connectivity index (χ2n) is 14.5. The molecular weight excluding hydrogens is 695 g/mol. The molecule has 1 aliphatic rings. The average Bonchev–Trinajstić information content (AvgIpc) is 3.62. The third-order valence-corrected chi connectivity index (χ3v) is 10.4. The summed E-state index contributed by atoms with van der Waals surface area (Å²) in [7, 11) is 10.7. The molecule has 0 aliphatic carbocycles. The minimum atomic E-state index is -0.826. The van der Waals surface area contributed by atoms with Gasteiger partial charge >= 0.3 is 37.9 Å². The summed E-state index contributed by atoms with van der Waals surface area (Å²) in [6.45, 7) is 20.9. The molecule has 0 amide bonds. The first-order valence-corrected chi connectivity index (χ1v) is 23.9. The topological polar surface area (TPSA) is 0 Å². The van der Waals surface area contributed by atoms with Gasteiger partial charge in [-0.15, -0.1) is 40.1 Å². The van der Waals surface area contributed by atoms with Gasteiger partial charge in [-0.25, -0.2) is 0 Å². The van der Waals surface area contributed by atoms with E-state index in [1.165, 1.54) is 78.5 Å². The summed E-state index contributed by atoms with van der Waals surface area (Å²) in [4.78, 5) is 0. The van der Waals surface area contributed by atoms with Crippen LogP contribution in [-0.2, 0) is 38.1 Å². The van der Waals surface area contributed by atoms with E-state index in [-0.39, 0.29) is 10.8 Å². The maximum Gasteiger partial charge on any atom is 0.0920 e. The van der Waals surface area contributed by atoms with E-state index < -0.39 is 20.8 Å². The molecule has 2 radical (unpaired) electrons. The van der Waals surface area contributed by atoms with Crippen molar-refractivity contribution in [3.8, 4) is 22.3 Å². The molecule has 0 bridgehead atoms. The Bertz CT molecular complexity index is 1680. The zero-order valence-electron chi connectivity index (χ0n) is 29.0. The predicted octanol–water partition coefficient (Wildman–Crippen LogP) is 11.8. The Balaban J connectivity index is 0.000000245. The van der Waals surface area contributed by atoms with Crippen molar-refractivity contribution in [2.24, 2.45) is 0 Å². The predicted molar refractivity (Wildman–Crippen MR) is 203 cm³/mol. The van der Waals surface area contributed by atoms with Crippen LogP contribution in [0, 0.1) is 6.07 Å². The minimum absolute atomic E-state index is 0.128. The Kier molecular flexibility index (Phi) is 12.9. The number of halogens is 2. The van der Waals surface area contributed by atoms with E-state index in [1.54, 1.807) is 0 Å². The van der Waals surface area contributed by atoms with E-state index in [9.17, 15) is 0 Å². The largest absolute Gasteiger partial charge is 0.184 e. The molecule has 0 saturated carbocycles. The van der Waals surface area contributed by atoms with Gasteiger partial charge < -0.3 is 0 Å². The zero-order chi connectivity index (χ0) is 33.6. The van der Waals surface area contributed by atoms with E-state index in [0.717, 1.165) is 15.9 Å². The Morgan fingerprint density at radius 2 is 1.46 bits per heavy atom. The van der Waals surface area contributed by atoms with Crippen molar-refractivity contribution < 1.29 is 20.8 Å². The number of rotatable bonds is 5. The van der Waals surface area contributed by atoms with Crippen LogP contribution in [0.4, 0.5) is 0 Å². The molecule has 0 nitrogen and oxygen atoms in total. The van der Waals surface area contributed by atoms with E-state index in [4.69, 9.17) is 17.0 Å². The van der Waals surface area contributed by atoms with Crippen molar-refractivity contribution in [3.05, 3.63) is 113 Å². The normalized spacial score (nSPS) is 12.7. The second-order valence-corrected chi connectivity index (χ2v) is 19.5. The molecule has 1 unspecified atom stereocenters. The molecule has 1 atom stereocenters. The second kappa shape index (κ2) is 16.0. The van der Waals surface area contributed by atoms with Gasteiger partial charge in [-0.2, -0.15) is 35.5 Å². The van der Waals surface area contributed by atoms with Crippen molar-refractivity contribution >= 4 is 47.7 Å². The number of fused-ring (bicyclic) bond motifs is 4. The molecule has 238 valence electrons. The van der Waals surface area contributed by atoms with Gasteiger partial charge in [0.1, 0.15) is 0 Å². The summed E-state index contributed by atoms with van der Waals surface area (Å²) in [5, 5.41) is 5.64. The SMILES string of the molecule is CCCc1ccc2[cH-]c(C(C)CC)cc2c1-c1cc(C(C)(C)C)cc(C(C)(C)C)c1.[Cl][Zr+2][Cl].[c-]1cccc2c1[Si]c1ccccc1-2. The van der Waals surface area contributed by atoms with Crippen LogP contribution in [0.25, 0.3) is 33.0 Å². The van der Waals surface area contributed by atoms with Crippen molar-refractivity contribution in [3.63, 3.8) is 0 Å². The minimum Gasteiger partial charge on any atom is -0.184 e. The maximum atomic E-state index is 4.93. The summed E-state index contributed by atoms with van der Waals surface area (Å²) in [5.41, 5.74) is 11.7. The molecule has 0 fully saturated rings. The third-order valence-electron chi connectivity index (χ3n) is 8.99. The van der Waals surface area contributed by atoms with Gasteiger partial charge in [0.2, 0.25) is 0 Å². The molecule has 0 aromatic heterocycles. The molecule has 6 rings (SSSR count). The quantitative estimate of drug-likeness (QED) is 0.122. The number of hydrogen-bond donors (Lipinski definition) is 0. The fourth-order valence-electron chi connectivity index (χ4n) is 6.05. The van der Waals surface area contributed by atoms with Gasteiger partial charge in [0.15, 0.2) is 0 Å².